The maximum atomic E-state index is 12.6. The Balaban J connectivity index is 1.88. The second-order valence-corrected chi connectivity index (χ2v) is 8.09. The van der Waals surface area contributed by atoms with E-state index in [-0.39, 0.29) is 5.71 Å². The third-order valence-corrected chi connectivity index (χ3v) is 5.74. The number of nitrogens with zero attached hydrogens (tertiary/aromatic N) is 8. The minimum atomic E-state index is -0.573. The predicted octanol–water partition coefficient (Wildman–Crippen LogP) is 3.10. The molecule has 1 aliphatic heterocycles. The second-order valence-electron chi connectivity index (χ2n) is 7.29. The topological polar surface area (TPSA) is 93.0 Å². The van der Waals surface area contributed by atoms with Gasteiger partial charge in [0.1, 0.15) is 22.1 Å². The summed E-state index contributed by atoms with van der Waals surface area (Å²) < 4.78 is 3.42. The fourth-order valence-corrected chi connectivity index (χ4v) is 3.89. The van der Waals surface area contributed by atoms with Gasteiger partial charge < -0.3 is 4.90 Å². The van der Waals surface area contributed by atoms with Crippen molar-refractivity contribution < 1.29 is 4.79 Å². The highest BCUT2D eigenvalue weighted by Crippen LogP contribution is 2.33. The van der Waals surface area contributed by atoms with E-state index in [2.05, 4.69) is 27.6 Å². The fourth-order valence-electron chi connectivity index (χ4n) is 3.25. The molecule has 10 heteroatoms. The van der Waals surface area contributed by atoms with Crippen LogP contribution in [0.25, 0.3) is 11.4 Å². The van der Waals surface area contributed by atoms with Crippen molar-refractivity contribution in [1.82, 2.24) is 19.4 Å². The monoisotopic (exact) mass is 446 g/mol. The molecule has 3 heterocycles. The van der Waals surface area contributed by atoms with E-state index in [1.54, 1.807) is 9.36 Å². The number of benzene rings is 1. The Morgan fingerprint density at radius 1 is 1.25 bits per heavy atom. The van der Waals surface area contributed by atoms with Gasteiger partial charge in [0, 0.05) is 32.5 Å². The van der Waals surface area contributed by atoms with Crippen LogP contribution in [0.15, 0.2) is 57.0 Å². The lowest BCUT2D eigenvalue weighted by Gasteiger charge is -2.11. The standard InChI is InChI=1S/C22H22N8OS/c1-7-23-21(31)19-18(24-14-8-10-15(11-9-14)28(3)4)20-25-17(22(32-6)30(20)27-19)16-12-13(2)29(5)26-16/h8-12H,1H2,2-6H3/b24-18-. The number of aliphatic imine (C=N–C) groups is 2. The number of hydrogen-bond donors (Lipinski definition) is 0. The molecule has 0 spiro atoms. The van der Waals surface area contributed by atoms with E-state index in [1.807, 2.05) is 69.6 Å². The molecule has 0 saturated heterocycles. The molecule has 0 saturated carbocycles. The number of anilines is 1. The lowest BCUT2D eigenvalue weighted by molar-refractivity contribution is -0.111. The van der Waals surface area contributed by atoms with Crippen LogP contribution in [-0.4, -0.2) is 63.0 Å². The van der Waals surface area contributed by atoms with E-state index >= 15 is 0 Å². The zero-order valence-electron chi connectivity index (χ0n) is 18.5. The first kappa shape index (κ1) is 21.5. The molecule has 0 fully saturated rings. The quantitative estimate of drug-likeness (QED) is 0.444. The van der Waals surface area contributed by atoms with Crippen molar-refractivity contribution in [2.75, 3.05) is 25.3 Å². The predicted molar refractivity (Wildman–Crippen MR) is 129 cm³/mol. The van der Waals surface area contributed by atoms with Crippen molar-refractivity contribution in [3.63, 3.8) is 0 Å². The molecule has 0 aliphatic carbocycles. The van der Waals surface area contributed by atoms with Gasteiger partial charge in [-0.2, -0.15) is 15.2 Å². The van der Waals surface area contributed by atoms with Crippen LogP contribution < -0.4 is 4.90 Å². The Morgan fingerprint density at radius 3 is 2.53 bits per heavy atom. The van der Waals surface area contributed by atoms with Crippen LogP contribution in [-0.2, 0) is 11.8 Å². The molecule has 1 aliphatic rings. The van der Waals surface area contributed by atoms with Crippen molar-refractivity contribution in [1.29, 1.82) is 0 Å². The van der Waals surface area contributed by atoms with Crippen molar-refractivity contribution in [3.05, 3.63) is 48.4 Å². The third kappa shape index (κ3) is 3.70. The van der Waals surface area contributed by atoms with Crippen LogP contribution in [0.5, 0.6) is 0 Å². The summed E-state index contributed by atoms with van der Waals surface area (Å²) in [6, 6.07) is 9.64. The van der Waals surface area contributed by atoms with Crippen molar-refractivity contribution in [3.8, 4) is 11.4 Å². The highest BCUT2D eigenvalue weighted by atomic mass is 32.2. The highest BCUT2D eigenvalue weighted by molar-refractivity contribution is 7.98. The van der Waals surface area contributed by atoms with Crippen molar-refractivity contribution in [2.45, 2.75) is 11.9 Å². The van der Waals surface area contributed by atoms with Gasteiger partial charge in [-0.15, -0.1) is 11.8 Å². The molecule has 0 N–H and O–H groups in total. The number of carbonyl (C=O) groups is 1. The molecule has 4 rings (SSSR count). The Kier molecular flexibility index (Phi) is 5.65. The van der Waals surface area contributed by atoms with Gasteiger partial charge in [0.15, 0.2) is 11.5 Å². The average Bonchev–Trinajstić information content (AvgIpc) is 3.40. The number of carbonyl (C=O) groups excluding carboxylic acids is 1. The molecular formula is C22H22N8OS. The van der Waals surface area contributed by atoms with E-state index in [0.29, 0.717) is 22.9 Å². The van der Waals surface area contributed by atoms with E-state index in [9.17, 15) is 4.79 Å². The molecule has 3 aromatic rings. The summed E-state index contributed by atoms with van der Waals surface area (Å²) in [6.07, 6.45) is 1.93. The number of rotatable bonds is 5. The van der Waals surface area contributed by atoms with Crippen LogP contribution in [0.4, 0.5) is 11.4 Å². The SMILES string of the molecule is C=C=NC(=O)C1=Nn2c(nc(-c3cc(C)n(C)n3)c2SC)/C1=N\c1ccc(N(C)C)cc1. The van der Waals surface area contributed by atoms with Crippen LogP contribution in [0.1, 0.15) is 11.5 Å². The number of aromatic nitrogens is 4. The summed E-state index contributed by atoms with van der Waals surface area (Å²) in [4.78, 5) is 27.8. The zero-order valence-corrected chi connectivity index (χ0v) is 19.3. The third-order valence-electron chi connectivity index (χ3n) is 4.99. The van der Waals surface area contributed by atoms with Gasteiger partial charge in [0.05, 0.1) is 5.69 Å². The second kappa shape index (κ2) is 8.41. The van der Waals surface area contributed by atoms with E-state index in [0.717, 1.165) is 22.1 Å². The zero-order chi connectivity index (χ0) is 23.0. The maximum absolute atomic E-state index is 12.6. The first-order valence-electron chi connectivity index (χ1n) is 9.74. The lowest BCUT2D eigenvalue weighted by atomic mass is 10.2. The van der Waals surface area contributed by atoms with Gasteiger partial charge in [-0.1, -0.05) is 0 Å². The molecule has 2 aromatic heterocycles. The minimum absolute atomic E-state index is 0.0967. The molecule has 9 nitrogen and oxygen atoms in total. The van der Waals surface area contributed by atoms with Crippen LogP contribution in [0.3, 0.4) is 0 Å². The summed E-state index contributed by atoms with van der Waals surface area (Å²) in [5.41, 5.74) is 4.59. The molecule has 1 aromatic carbocycles. The molecule has 162 valence electrons. The molecular weight excluding hydrogens is 424 g/mol. The van der Waals surface area contributed by atoms with Gasteiger partial charge in [-0.3, -0.25) is 9.48 Å². The number of hydrogen-bond acceptors (Lipinski definition) is 7. The summed E-state index contributed by atoms with van der Waals surface area (Å²) in [5.74, 6) is 2.17. The molecule has 1 amide bonds. The number of amides is 1. The molecule has 0 unspecified atom stereocenters. The average molecular weight is 447 g/mol. The number of aryl methyl sites for hydroxylation is 2. The normalized spacial score (nSPS) is 13.7. The summed E-state index contributed by atoms with van der Waals surface area (Å²) in [7, 11) is 5.82. The number of thioether (sulfide) groups is 1. The van der Waals surface area contributed by atoms with E-state index in [4.69, 9.17) is 9.98 Å². The van der Waals surface area contributed by atoms with Crippen LogP contribution in [0, 0.1) is 6.92 Å². The van der Waals surface area contributed by atoms with Gasteiger partial charge in [-0.25, -0.2) is 14.7 Å². The number of imidazole rings is 1. The molecule has 32 heavy (non-hydrogen) atoms. The van der Waals surface area contributed by atoms with E-state index in [1.165, 1.54) is 11.8 Å². The first-order valence-corrected chi connectivity index (χ1v) is 11.0. The summed E-state index contributed by atoms with van der Waals surface area (Å²) >= 11 is 1.47. The fraction of sp³-hybridized carbons (Fsp3) is 0.227. The minimum Gasteiger partial charge on any atom is -0.378 e. The molecule has 0 atom stereocenters. The van der Waals surface area contributed by atoms with Crippen molar-refractivity contribution in [2.24, 2.45) is 22.1 Å². The van der Waals surface area contributed by atoms with Gasteiger partial charge >= 0.3 is 5.91 Å². The van der Waals surface area contributed by atoms with Gasteiger partial charge in [-0.05, 0) is 56.0 Å². The van der Waals surface area contributed by atoms with Crippen LogP contribution in [0.2, 0.25) is 0 Å². The Hall–Kier alpha value is -3.75. The first-order chi connectivity index (χ1) is 15.3. The van der Waals surface area contributed by atoms with Gasteiger partial charge in [0.2, 0.25) is 0 Å². The number of fused-ring (bicyclic) bond motifs is 1. The summed E-state index contributed by atoms with van der Waals surface area (Å²) in [5, 5.41) is 9.82. The molecule has 0 radical (unpaired) electrons. The van der Waals surface area contributed by atoms with E-state index < -0.39 is 5.91 Å². The summed E-state index contributed by atoms with van der Waals surface area (Å²) in [6.45, 7) is 5.37. The smallest absolute Gasteiger partial charge is 0.307 e. The largest absolute Gasteiger partial charge is 0.378 e. The maximum Gasteiger partial charge on any atom is 0.307 e. The highest BCUT2D eigenvalue weighted by Gasteiger charge is 2.34. The Morgan fingerprint density at radius 2 is 1.97 bits per heavy atom. The lowest BCUT2D eigenvalue weighted by Crippen LogP contribution is -2.20. The Bertz CT molecular complexity index is 1300. The van der Waals surface area contributed by atoms with Crippen LogP contribution >= 0.6 is 11.8 Å². The Labute approximate surface area is 189 Å². The van der Waals surface area contributed by atoms with Crippen molar-refractivity contribution >= 4 is 46.3 Å². The molecule has 0 bridgehead atoms. The van der Waals surface area contributed by atoms with Gasteiger partial charge in [0.25, 0.3) is 0 Å².